The molecule has 2 N–H and O–H groups in total. The molecule has 31 heavy (non-hydrogen) atoms. The summed E-state index contributed by atoms with van der Waals surface area (Å²) in [7, 11) is -3.87. The minimum atomic E-state index is -3.87. The second-order valence-electron chi connectivity index (χ2n) is 7.53. The largest absolute Gasteiger partial charge is 0.394 e. The van der Waals surface area contributed by atoms with Crippen LogP contribution in [0.25, 0.3) is 5.57 Å². The maximum Gasteiger partial charge on any atom is 0.243 e. The van der Waals surface area contributed by atoms with E-state index in [4.69, 9.17) is 5.11 Å². The Labute approximate surface area is 179 Å². The number of piperazine rings is 1. The average molecular weight is 447 g/mol. The topological polar surface area (TPSA) is 111 Å². The number of β-amino-alcohol motifs (C(OH)–C–C–N with tert-alkyl or cyclic N) is 1. The molecule has 1 amide bonds. The van der Waals surface area contributed by atoms with E-state index in [0.29, 0.717) is 5.71 Å². The molecule has 4 rings (SSSR count). The normalized spacial score (nSPS) is 20.6. The Morgan fingerprint density at radius 1 is 1.13 bits per heavy atom. The fourth-order valence-corrected chi connectivity index (χ4v) is 5.12. The first kappa shape index (κ1) is 21.6. The molecule has 3 aliphatic rings. The number of sulfonamides is 1. The Kier molecular flexibility index (Phi) is 5.89. The van der Waals surface area contributed by atoms with Crippen LogP contribution in [-0.4, -0.2) is 78.3 Å². The number of benzene rings is 1. The number of amides is 1. The van der Waals surface area contributed by atoms with Crippen molar-refractivity contribution in [1.29, 1.82) is 0 Å². The first-order valence-corrected chi connectivity index (χ1v) is 11.2. The summed E-state index contributed by atoms with van der Waals surface area (Å²) in [5, 5.41) is 18.4. The number of allylic oxidation sites excluding steroid dienone is 5. The highest BCUT2D eigenvalue weighted by atomic mass is 32.2. The number of nitrogens with zero attached hydrogens (tertiary/aromatic N) is 3. The molecule has 0 saturated carbocycles. The predicted octanol–water partition coefficient (Wildman–Crippen LogP) is 0.852. The fourth-order valence-electron chi connectivity index (χ4n) is 3.74. The molecule has 1 aliphatic carbocycles. The zero-order valence-corrected chi connectivity index (χ0v) is 17.4. The van der Waals surface area contributed by atoms with Crippen molar-refractivity contribution in [3.05, 3.63) is 59.6 Å². The van der Waals surface area contributed by atoms with Crippen molar-refractivity contribution in [1.82, 2.24) is 9.21 Å². The standard InChI is InChI=1S/C21H22FN3O5S/c22-15-3-6-18-19(10-23-20(18)9-15)14-1-4-17(5-2-14)31(29,30)25-8-7-24(21(28)12-25)11-16(27)13-26/h1-6,10,16,26-27H,7-9,11-13H2/t16-/m0/s1. The molecule has 1 atom stereocenters. The number of hydrogen-bond acceptors (Lipinski definition) is 6. The number of carbonyl (C=O) groups is 1. The van der Waals surface area contributed by atoms with Gasteiger partial charge in [-0.3, -0.25) is 9.79 Å². The van der Waals surface area contributed by atoms with Crippen LogP contribution < -0.4 is 0 Å². The summed E-state index contributed by atoms with van der Waals surface area (Å²) >= 11 is 0. The number of aliphatic hydroxyl groups is 2. The van der Waals surface area contributed by atoms with Gasteiger partial charge in [-0.1, -0.05) is 12.1 Å². The second-order valence-corrected chi connectivity index (χ2v) is 9.47. The van der Waals surface area contributed by atoms with E-state index in [1.54, 1.807) is 24.4 Å². The number of fused-ring (bicyclic) bond motifs is 1. The van der Waals surface area contributed by atoms with Crippen LogP contribution in [0.4, 0.5) is 4.39 Å². The van der Waals surface area contributed by atoms with E-state index in [0.717, 1.165) is 21.0 Å². The van der Waals surface area contributed by atoms with E-state index in [1.807, 2.05) is 0 Å². The summed E-state index contributed by atoms with van der Waals surface area (Å²) in [6, 6.07) is 6.30. The molecule has 0 aromatic heterocycles. The lowest BCUT2D eigenvalue weighted by atomic mass is 9.93. The fraction of sp³-hybridized carbons (Fsp3) is 0.333. The van der Waals surface area contributed by atoms with Gasteiger partial charge < -0.3 is 15.1 Å². The van der Waals surface area contributed by atoms with Gasteiger partial charge in [0.2, 0.25) is 15.9 Å². The molecular weight excluding hydrogens is 425 g/mol. The molecule has 1 fully saturated rings. The van der Waals surface area contributed by atoms with Gasteiger partial charge >= 0.3 is 0 Å². The van der Waals surface area contributed by atoms with Gasteiger partial charge in [-0.15, -0.1) is 0 Å². The van der Waals surface area contributed by atoms with Crippen molar-refractivity contribution in [3.8, 4) is 0 Å². The van der Waals surface area contributed by atoms with Gasteiger partial charge in [-0.2, -0.15) is 4.31 Å². The molecule has 2 aliphatic heterocycles. The maximum absolute atomic E-state index is 13.4. The summed E-state index contributed by atoms with van der Waals surface area (Å²) in [5.41, 5.74) is 3.03. The number of carbonyl (C=O) groups excluding carboxylic acids is 1. The third-order valence-corrected chi connectivity index (χ3v) is 7.31. The Balaban J connectivity index is 1.48. The number of halogens is 1. The minimum absolute atomic E-state index is 0.0357. The van der Waals surface area contributed by atoms with E-state index in [2.05, 4.69) is 4.99 Å². The van der Waals surface area contributed by atoms with Gasteiger partial charge in [0.1, 0.15) is 5.83 Å². The van der Waals surface area contributed by atoms with Gasteiger partial charge in [0.25, 0.3) is 0 Å². The van der Waals surface area contributed by atoms with Crippen molar-refractivity contribution in [2.75, 3.05) is 32.8 Å². The maximum atomic E-state index is 13.4. The Morgan fingerprint density at radius 3 is 2.55 bits per heavy atom. The highest BCUT2D eigenvalue weighted by molar-refractivity contribution is 7.89. The summed E-state index contributed by atoms with van der Waals surface area (Å²) in [4.78, 5) is 18.0. The predicted molar refractivity (Wildman–Crippen MR) is 112 cm³/mol. The Morgan fingerprint density at radius 2 is 1.87 bits per heavy atom. The Hall–Kier alpha value is -2.66. The summed E-state index contributed by atoms with van der Waals surface area (Å²) < 4.78 is 40.5. The van der Waals surface area contributed by atoms with Gasteiger partial charge in [-0.25, -0.2) is 12.8 Å². The summed E-state index contributed by atoms with van der Waals surface area (Å²) in [5.74, 6) is -0.677. The quantitative estimate of drug-likeness (QED) is 0.672. The zero-order chi connectivity index (χ0) is 22.2. The van der Waals surface area contributed by atoms with Gasteiger partial charge in [0, 0.05) is 43.4 Å². The molecule has 1 aromatic rings. The van der Waals surface area contributed by atoms with Crippen LogP contribution in [0.15, 0.2) is 63.9 Å². The number of aliphatic hydroxyl groups excluding tert-OH is 2. The van der Waals surface area contributed by atoms with Crippen LogP contribution >= 0.6 is 0 Å². The second kappa shape index (κ2) is 8.46. The lowest BCUT2D eigenvalue weighted by Crippen LogP contribution is -2.54. The molecule has 8 nitrogen and oxygen atoms in total. The molecule has 0 radical (unpaired) electrons. The van der Waals surface area contributed by atoms with Crippen molar-refractivity contribution >= 4 is 27.2 Å². The minimum Gasteiger partial charge on any atom is -0.394 e. The van der Waals surface area contributed by atoms with E-state index < -0.39 is 28.6 Å². The lowest BCUT2D eigenvalue weighted by molar-refractivity contribution is -0.135. The van der Waals surface area contributed by atoms with Crippen molar-refractivity contribution < 1.29 is 27.8 Å². The molecule has 0 unspecified atom stereocenters. The van der Waals surface area contributed by atoms with E-state index in [9.17, 15) is 22.7 Å². The molecule has 1 aromatic carbocycles. The van der Waals surface area contributed by atoms with Crippen molar-refractivity contribution in [2.24, 2.45) is 4.99 Å². The van der Waals surface area contributed by atoms with E-state index in [1.165, 1.54) is 23.1 Å². The number of hydrogen-bond donors (Lipinski definition) is 2. The van der Waals surface area contributed by atoms with Crippen LogP contribution in [0, 0.1) is 0 Å². The van der Waals surface area contributed by atoms with E-state index in [-0.39, 0.29) is 43.3 Å². The third kappa shape index (κ3) is 4.24. The van der Waals surface area contributed by atoms with E-state index >= 15 is 0 Å². The molecule has 0 spiro atoms. The van der Waals surface area contributed by atoms with Crippen molar-refractivity contribution in [3.63, 3.8) is 0 Å². The molecular formula is C21H22FN3O5S. The van der Waals surface area contributed by atoms with Gasteiger partial charge in [0.05, 0.1) is 29.9 Å². The SMILES string of the molecule is O=C1CN(S(=O)(=O)c2ccc(C3=CN=C4CC(F)=CC=C34)cc2)CCN1C[C@H](O)CO. The molecule has 1 saturated heterocycles. The highest BCUT2D eigenvalue weighted by Gasteiger charge is 2.33. The molecule has 164 valence electrons. The smallest absolute Gasteiger partial charge is 0.243 e. The van der Waals surface area contributed by atoms with Crippen LogP contribution in [0.1, 0.15) is 12.0 Å². The van der Waals surface area contributed by atoms with Crippen LogP contribution in [0.2, 0.25) is 0 Å². The average Bonchev–Trinajstić information content (AvgIpc) is 3.18. The monoisotopic (exact) mass is 447 g/mol. The Bertz CT molecular complexity index is 1120. The first-order valence-electron chi connectivity index (χ1n) is 9.81. The molecule has 0 bridgehead atoms. The lowest BCUT2D eigenvalue weighted by Gasteiger charge is -2.34. The van der Waals surface area contributed by atoms with Gasteiger partial charge in [-0.05, 0) is 29.8 Å². The van der Waals surface area contributed by atoms with Crippen LogP contribution in [0.3, 0.4) is 0 Å². The number of rotatable bonds is 6. The molecule has 2 heterocycles. The highest BCUT2D eigenvalue weighted by Crippen LogP contribution is 2.34. The number of aliphatic imine (C=N–C) groups is 1. The third-order valence-electron chi connectivity index (χ3n) is 5.45. The zero-order valence-electron chi connectivity index (χ0n) is 16.6. The summed E-state index contributed by atoms with van der Waals surface area (Å²) in [6.07, 6.45) is 3.81. The van der Waals surface area contributed by atoms with Crippen LogP contribution in [0.5, 0.6) is 0 Å². The molecule has 10 heteroatoms. The summed E-state index contributed by atoms with van der Waals surface area (Å²) in [6.45, 7) is -0.593. The first-order chi connectivity index (χ1) is 14.8. The van der Waals surface area contributed by atoms with Gasteiger partial charge in [0.15, 0.2) is 0 Å². The van der Waals surface area contributed by atoms with Crippen LogP contribution in [-0.2, 0) is 14.8 Å². The van der Waals surface area contributed by atoms with Crippen molar-refractivity contribution in [2.45, 2.75) is 17.4 Å².